The molecule has 0 aliphatic carbocycles. The standard InChI is InChI=1S/C17H23NO4/c1-21-11-13-4-2-5-14(10-13)16(20)18-8-6-15(19)17(12-18)7-3-9-22-17/h2,4-5,10,15,19H,3,6-9,11-12H2,1H3/t15-,17-/m0/s1. The molecule has 0 saturated carbocycles. The Hall–Kier alpha value is -1.43. The van der Waals surface area contributed by atoms with Gasteiger partial charge in [-0.15, -0.1) is 0 Å². The van der Waals surface area contributed by atoms with Gasteiger partial charge in [-0.1, -0.05) is 12.1 Å². The number of hydrogen-bond acceptors (Lipinski definition) is 4. The van der Waals surface area contributed by atoms with Crippen LogP contribution in [0.25, 0.3) is 0 Å². The maximum absolute atomic E-state index is 12.8. The first kappa shape index (κ1) is 15.5. The number of piperidine rings is 1. The fourth-order valence-electron chi connectivity index (χ4n) is 3.47. The van der Waals surface area contributed by atoms with Crippen molar-refractivity contribution in [2.24, 2.45) is 0 Å². The molecule has 3 rings (SSSR count). The zero-order valence-electron chi connectivity index (χ0n) is 13.0. The van der Waals surface area contributed by atoms with Crippen LogP contribution in [0, 0.1) is 0 Å². The van der Waals surface area contributed by atoms with Crippen LogP contribution in [-0.4, -0.2) is 54.4 Å². The molecule has 1 N–H and O–H groups in total. The van der Waals surface area contributed by atoms with Crippen LogP contribution in [0.4, 0.5) is 0 Å². The van der Waals surface area contributed by atoms with Crippen molar-refractivity contribution < 1.29 is 19.4 Å². The zero-order chi connectivity index (χ0) is 15.6. The summed E-state index contributed by atoms with van der Waals surface area (Å²) in [6.45, 7) is 2.20. The second-order valence-electron chi connectivity index (χ2n) is 6.18. The monoisotopic (exact) mass is 305 g/mol. The molecule has 5 nitrogen and oxygen atoms in total. The molecule has 120 valence electrons. The average molecular weight is 305 g/mol. The molecule has 0 unspecified atom stereocenters. The van der Waals surface area contributed by atoms with Gasteiger partial charge in [-0.05, 0) is 37.0 Å². The third-order valence-electron chi connectivity index (χ3n) is 4.64. The van der Waals surface area contributed by atoms with E-state index >= 15 is 0 Å². The van der Waals surface area contributed by atoms with E-state index in [0.717, 1.165) is 18.4 Å². The minimum Gasteiger partial charge on any atom is -0.390 e. The van der Waals surface area contributed by atoms with Crippen LogP contribution < -0.4 is 0 Å². The fourth-order valence-corrected chi connectivity index (χ4v) is 3.47. The van der Waals surface area contributed by atoms with E-state index in [-0.39, 0.29) is 5.91 Å². The van der Waals surface area contributed by atoms with E-state index in [1.165, 1.54) is 0 Å². The molecule has 2 atom stereocenters. The molecular weight excluding hydrogens is 282 g/mol. The summed E-state index contributed by atoms with van der Waals surface area (Å²) in [4.78, 5) is 14.6. The van der Waals surface area contributed by atoms with Crippen molar-refractivity contribution in [3.8, 4) is 0 Å². The minimum absolute atomic E-state index is 0.000252. The molecule has 1 aromatic carbocycles. The molecule has 2 heterocycles. The van der Waals surface area contributed by atoms with Gasteiger partial charge in [-0.25, -0.2) is 0 Å². The first-order valence-electron chi connectivity index (χ1n) is 7.84. The number of aliphatic hydroxyl groups is 1. The number of aliphatic hydroxyl groups excluding tert-OH is 1. The van der Waals surface area contributed by atoms with E-state index in [2.05, 4.69) is 0 Å². The fraction of sp³-hybridized carbons (Fsp3) is 0.588. The van der Waals surface area contributed by atoms with Gasteiger partial charge in [0.25, 0.3) is 5.91 Å². The van der Waals surface area contributed by atoms with Crippen molar-refractivity contribution in [3.63, 3.8) is 0 Å². The van der Waals surface area contributed by atoms with Crippen molar-refractivity contribution in [2.75, 3.05) is 26.8 Å². The summed E-state index contributed by atoms with van der Waals surface area (Å²) in [6.07, 6.45) is 1.87. The predicted octanol–water partition coefficient (Wildman–Crippen LogP) is 1.59. The lowest BCUT2D eigenvalue weighted by molar-refractivity contribution is -0.124. The van der Waals surface area contributed by atoms with Crippen LogP contribution in [0.15, 0.2) is 24.3 Å². The number of carbonyl (C=O) groups excluding carboxylic acids is 1. The Kier molecular flexibility index (Phi) is 4.47. The maximum atomic E-state index is 12.8. The van der Waals surface area contributed by atoms with Crippen molar-refractivity contribution in [1.82, 2.24) is 4.90 Å². The summed E-state index contributed by atoms with van der Waals surface area (Å²) < 4.78 is 10.9. The van der Waals surface area contributed by atoms with Gasteiger partial charge in [0.1, 0.15) is 5.60 Å². The summed E-state index contributed by atoms with van der Waals surface area (Å²) in [7, 11) is 1.64. The molecule has 1 aromatic rings. The lowest BCUT2D eigenvalue weighted by atomic mass is 9.86. The Balaban J connectivity index is 1.76. The quantitative estimate of drug-likeness (QED) is 0.921. The molecular formula is C17H23NO4. The number of rotatable bonds is 3. The van der Waals surface area contributed by atoms with E-state index in [0.29, 0.717) is 38.3 Å². The smallest absolute Gasteiger partial charge is 0.253 e. The first-order chi connectivity index (χ1) is 10.6. The van der Waals surface area contributed by atoms with Crippen molar-refractivity contribution >= 4 is 5.91 Å². The zero-order valence-corrected chi connectivity index (χ0v) is 13.0. The van der Waals surface area contributed by atoms with Gasteiger partial charge < -0.3 is 19.5 Å². The third-order valence-corrected chi connectivity index (χ3v) is 4.64. The highest BCUT2D eigenvalue weighted by Gasteiger charge is 2.47. The van der Waals surface area contributed by atoms with Crippen LogP contribution in [0.5, 0.6) is 0 Å². The van der Waals surface area contributed by atoms with Crippen LogP contribution >= 0.6 is 0 Å². The summed E-state index contributed by atoms with van der Waals surface area (Å²) in [5.41, 5.74) is 1.09. The van der Waals surface area contributed by atoms with Gasteiger partial charge in [0.15, 0.2) is 0 Å². The predicted molar refractivity (Wildman–Crippen MR) is 81.6 cm³/mol. The number of hydrogen-bond donors (Lipinski definition) is 1. The van der Waals surface area contributed by atoms with E-state index in [1.54, 1.807) is 7.11 Å². The van der Waals surface area contributed by atoms with Crippen molar-refractivity contribution in [3.05, 3.63) is 35.4 Å². The Labute approximate surface area is 130 Å². The van der Waals surface area contributed by atoms with Gasteiger partial charge in [0, 0.05) is 25.8 Å². The molecule has 2 fully saturated rings. The van der Waals surface area contributed by atoms with Gasteiger partial charge in [0.2, 0.25) is 0 Å². The number of methoxy groups -OCH3 is 1. The Morgan fingerprint density at radius 3 is 3.14 bits per heavy atom. The van der Waals surface area contributed by atoms with E-state index in [9.17, 15) is 9.90 Å². The lowest BCUT2D eigenvalue weighted by Gasteiger charge is -2.43. The van der Waals surface area contributed by atoms with Crippen molar-refractivity contribution in [1.29, 1.82) is 0 Å². The molecule has 2 aliphatic rings. The average Bonchev–Trinajstić information content (AvgIpc) is 2.99. The van der Waals surface area contributed by atoms with Gasteiger partial charge in [0.05, 0.1) is 19.3 Å². The Bertz CT molecular complexity index is 539. The number of nitrogens with zero attached hydrogens (tertiary/aromatic N) is 1. The number of benzene rings is 1. The van der Waals surface area contributed by atoms with Crippen LogP contribution in [0.3, 0.4) is 0 Å². The SMILES string of the molecule is COCc1cccc(C(=O)N2CC[C@H](O)[C@]3(CCCO3)C2)c1. The Morgan fingerprint density at radius 2 is 2.41 bits per heavy atom. The lowest BCUT2D eigenvalue weighted by Crippen LogP contribution is -2.57. The number of likely N-dealkylation sites (tertiary alicyclic amines) is 1. The number of amides is 1. The molecule has 2 saturated heterocycles. The third kappa shape index (κ3) is 2.89. The first-order valence-corrected chi connectivity index (χ1v) is 7.84. The summed E-state index contributed by atoms with van der Waals surface area (Å²) in [6, 6.07) is 7.53. The molecule has 22 heavy (non-hydrogen) atoms. The second kappa shape index (κ2) is 6.36. The second-order valence-corrected chi connectivity index (χ2v) is 6.18. The topological polar surface area (TPSA) is 59.0 Å². The molecule has 0 radical (unpaired) electrons. The van der Waals surface area contributed by atoms with Gasteiger partial charge >= 0.3 is 0 Å². The van der Waals surface area contributed by atoms with Crippen molar-refractivity contribution in [2.45, 2.75) is 37.6 Å². The summed E-state index contributed by atoms with van der Waals surface area (Å²) in [5.74, 6) is -0.000252. The molecule has 0 bridgehead atoms. The molecule has 1 spiro atoms. The van der Waals surface area contributed by atoms with Gasteiger partial charge in [-0.3, -0.25) is 4.79 Å². The highest BCUT2D eigenvalue weighted by atomic mass is 16.5. The van der Waals surface area contributed by atoms with Crippen LogP contribution in [0.2, 0.25) is 0 Å². The van der Waals surface area contributed by atoms with Crippen LogP contribution in [0.1, 0.15) is 35.2 Å². The van der Waals surface area contributed by atoms with Gasteiger partial charge in [-0.2, -0.15) is 0 Å². The normalized spacial score (nSPS) is 28.3. The highest BCUT2D eigenvalue weighted by molar-refractivity contribution is 5.94. The van der Waals surface area contributed by atoms with Crippen LogP contribution in [-0.2, 0) is 16.1 Å². The van der Waals surface area contributed by atoms with E-state index in [1.807, 2.05) is 29.2 Å². The highest BCUT2D eigenvalue weighted by Crippen LogP contribution is 2.35. The molecule has 5 heteroatoms. The maximum Gasteiger partial charge on any atom is 0.253 e. The van der Waals surface area contributed by atoms with E-state index in [4.69, 9.17) is 9.47 Å². The largest absolute Gasteiger partial charge is 0.390 e. The Morgan fingerprint density at radius 1 is 1.55 bits per heavy atom. The summed E-state index contributed by atoms with van der Waals surface area (Å²) in [5, 5.41) is 10.3. The molecule has 0 aromatic heterocycles. The van der Waals surface area contributed by atoms with E-state index < -0.39 is 11.7 Å². The summed E-state index contributed by atoms with van der Waals surface area (Å²) >= 11 is 0. The molecule has 2 aliphatic heterocycles. The number of carbonyl (C=O) groups is 1. The minimum atomic E-state index is -0.557. The number of ether oxygens (including phenoxy) is 2. The molecule has 1 amide bonds.